The van der Waals surface area contributed by atoms with Crippen LogP contribution in [0.25, 0.3) is 0 Å². The van der Waals surface area contributed by atoms with E-state index in [0.717, 1.165) is 5.69 Å². The van der Waals surface area contributed by atoms with Gasteiger partial charge in [0.2, 0.25) is 0 Å². The van der Waals surface area contributed by atoms with Crippen molar-refractivity contribution in [3.05, 3.63) is 18.0 Å². The number of aliphatic hydroxyl groups is 1. The third-order valence-electron chi connectivity index (χ3n) is 2.13. The van der Waals surface area contributed by atoms with E-state index in [0.29, 0.717) is 6.54 Å². The van der Waals surface area contributed by atoms with Crippen LogP contribution in [0.1, 0.15) is 26.5 Å². The molecule has 3 heteroatoms. The Morgan fingerprint density at radius 2 is 2.15 bits per heavy atom. The first-order valence-corrected chi connectivity index (χ1v) is 4.58. The second-order valence-corrected chi connectivity index (χ2v) is 4.56. The smallest absolute Gasteiger partial charge is 0.0784 e. The Kier molecular flexibility index (Phi) is 2.76. The first-order valence-electron chi connectivity index (χ1n) is 4.58. The summed E-state index contributed by atoms with van der Waals surface area (Å²) in [5.41, 5.74) is 0.904. The van der Waals surface area contributed by atoms with Gasteiger partial charge in [0.25, 0.3) is 0 Å². The highest BCUT2D eigenvalue weighted by Gasteiger charge is 2.22. The number of hydrogen-bond donors (Lipinski definition) is 1. The molecule has 13 heavy (non-hydrogen) atoms. The van der Waals surface area contributed by atoms with Crippen molar-refractivity contribution in [1.82, 2.24) is 9.78 Å². The summed E-state index contributed by atoms with van der Waals surface area (Å²) in [5.74, 6) is 0. The maximum Gasteiger partial charge on any atom is 0.0784 e. The lowest BCUT2D eigenvalue weighted by molar-refractivity contribution is 0.0450. The van der Waals surface area contributed by atoms with Gasteiger partial charge in [-0.15, -0.1) is 0 Å². The summed E-state index contributed by atoms with van der Waals surface area (Å²) >= 11 is 0. The monoisotopic (exact) mass is 182 g/mol. The van der Waals surface area contributed by atoms with E-state index < -0.39 is 0 Å². The third kappa shape index (κ3) is 2.84. The molecule has 0 saturated heterocycles. The predicted molar refractivity (Wildman–Crippen MR) is 52.4 cm³/mol. The molecule has 0 aliphatic rings. The van der Waals surface area contributed by atoms with Crippen LogP contribution in [0.15, 0.2) is 12.3 Å². The predicted octanol–water partition coefficient (Wildman–Crippen LogP) is 1.60. The van der Waals surface area contributed by atoms with Crippen molar-refractivity contribution in [3.8, 4) is 0 Å². The zero-order valence-electron chi connectivity index (χ0n) is 8.78. The van der Waals surface area contributed by atoms with Gasteiger partial charge in [-0.25, -0.2) is 0 Å². The summed E-state index contributed by atoms with van der Waals surface area (Å²) in [6, 6.07) is 1.94. The van der Waals surface area contributed by atoms with Crippen molar-refractivity contribution in [3.63, 3.8) is 0 Å². The molecule has 0 amide bonds. The topological polar surface area (TPSA) is 38.0 Å². The molecule has 3 nitrogen and oxygen atoms in total. The number of aromatic nitrogens is 2. The van der Waals surface area contributed by atoms with E-state index in [2.05, 4.69) is 5.10 Å². The van der Waals surface area contributed by atoms with Crippen molar-refractivity contribution in [1.29, 1.82) is 0 Å². The molecule has 0 bridgehead atoms. The van der Waals surface area contributed by atoms with Gasteiger partial charge in [0.15, 0.2) is 0 Å². The lowest BCUT2D eigenvalue weighted by Crippen LogP contribution is -2.30. The lowest BCUT2D eigenvalue weighted by Gasteiger charge is -2.25. The highest BCUT2D eigenvalue weighted by Crippen LogP contribution is 2.20. The van der Waals surface area contributed by atoms with E-state index >= 15 is 0 Å². The van der Waals surface area contributed by atoms with E-state index in [1.54, 1.807) is 4.68 Å². The summed E-state index contributed by atoms with van der Waals surface area (Å²) in [6.45, 7) is 8.58. The van der Waals surface area contributed by atoms with Crippen molar-refractivity contribution >= 4 is 0 Å². The zero-order chi connectivity index (χ0) is 10.1. The number of aliphatic hydroxyl groups excluding tert-OH is 1. The summed E-state index contributed by atoms with van der Waals surface area (Å²) in [5, 5.41) is 14.0. The van der Waals surface area contributed by atoms with Gasteiger partial charge in [0.05, 0.1) is 18.3 Å². The first kappa shape index (κ1) is 10.3. The third-order valence-corrected chi connectivity index (χ3v) is 2.13. The molecule has 0 aliphatic heterocycles. The Morgan fingerprint density at radius 1 is 1.54 bits per heavy atom. The van der Waals surface area contributed by atoms with E-state index in [1.807, 2.05) is 40.0 Å². The standard InChI is InChI=1S/C10H18N2O/c1-8-5-6-12(11-8)7-9(13)10(2,3)4/h5-6,9,13H,7H2,1-4H3/t9-/m1/s1. The van der Waals surface area contributed by atoms with Crippen LogP contribution in [0.2, 0.25) is 0 Å². The second-order valence-electron chi connectivity index (χ2n) is 4.56. The molecule has 1 aromatic heterocycles. The Hall–Kier alpha value is -0.830. The first-order chi connectivity index (χ1) is 5.89. The average molecular weight is 182 g/mol. The van der Waals surface area contributed by atoms with E-state index in [1.165, 1.54) is 0 Å². The minimum Gasteiger partial charge on any atom is -0.391 e. The lowest BCUT2D eigenvalue weighted by atomic mass is 9.89. The molecule has 0 aliphatic carbocycles. The molecule has 1 heterocycles. The van der Waals surface area contributed by atoms with Crippen LogP contribution in [-0.2, 0) is 6.54 Å². The maximum atomic E-state index is 9.79. The number of nitrogens with zero attached hydrogens (tertiary/aromatic N) is 2. The SMILES string of the molecule is Cc1ccn(C[C@@H](O)C(C)(C)C)n1. The van der Waals surface area contributed by atoms with Gasteiger partial charge in [-0.05, 0) is 18.4 Å². The van der Waals surface area contributed by atoms with E-state index in [-0.39, 0.29) is 11.5 Å². The summed E-state index contributed by atoms with van der Waals surface area (Å²) in [4.78, 5) is 0. The van der Waals surface area contributed by atoms with Gasteiger partial charge in [-0.1, -0.05) is 20.8 Å². The van der Waals surface area contributed by atoms with E-state index in [9.17, 15) is 5.11 Å². The van der Waals surface area contributed by atoms with Crippen molar-refractivity contribution in [2.45, 2.75) is 40.3 Å². The molecule has 1 N–H and O–H groups in total. The molecular formula is C10H18N2O. The molecule has 0 radical (unpaired) electrons. The van der Waals surface area contributed by atoms with Crippen LogP contribution in [0.4, 0.5) is 0 Å². The van der Waals surface area contributed by atoms with Crippen LogP contribution in [0.3, 0.4) is 0 Å². The Balaban J connectivity index is 2.60. The van der Waals surface area contributed by atoms with Crippen LogP contribution in [0, 0.1) is 12.3 Å². The summed E-state index contributed by atoms with van der Waals surface area (Å²) in [6.07, 6.45) is 1.54. The van der Waals surface area contributed by atoms with Crippen molar-refractivity contribution < 1.29 is 5.11 Å². The summed E-state index contributed by atoms with van der Waals surface area (Å²) in [7, 11) is 0. The summed E-state index contributed by atoms with van der Waals surface area (Å²) < 4.78 is 1.78. The van der Waals surface area contributed by atoms with Gasteiger partial charge >= 0.3 is 0 Å². The zero-order valence-corrected chi connectivity index (χ0v) is 8.78. The van der Waals surface area contributed by atoms with Crippen LogP contribution in [0.5, 0.6) is 0 Å². The molecule has 1 atom stereocenters. The van der Waals surface area contributed by atoms with E-state index in [4.69, 9.17) is 0 Å². The van der Waals surface area contributed by atoms with Crippen LogP contribution < -0.4 is 0 Å². The molecular weight excluding hydrogens is 164 g/mol. The second kappa shape index (κ2) is 3.50. The Morgan fingerprint density at radius 3 is 2.54 bits per heavy atom. The van der Waals surface area contributed by atoms with Crippen LogP contribution in [-0.4, -0.2) is 21.0 Å². The largest absolute Gasteiger partial charge is 0.391 e. The minimum absolute atomic E-state index is 0.0835. The van der Waals surface area contributed by atoms with Crippen LogP contribution >= 0.6 is 0 Å². The highest BCUT2D eigenvalue weighted by atomic mass is 16.3. The maximum absolute atomic E-state index is 9.79. The van der Waals surface area contributed by atoms with Gasteiger partial charge < -0.3 is 5.11 Å². The van der Waals surface area contributed by atoms with Gasteiger partial charge in [-0.2, -0.15) is 5.10 Å². The Labute approximate surface area is 79.4 Å². The van der Waals surface area contributed by atoms with Gasteiger partial charge in [0, 0.05) is 6.20 Å². The fourth-order valence-corrected chi connectivity index (χ4v) is 1.02. The quantitative estimate of drug-likeness (QED) is 0.754. The molecule has 1 rings (SSSR count). The number of aryl methyl sites for hydroxylation is 1. The molecule has 0 unspecified atom stereocenters. The number of hydrogen-bond acceptors (Lipinski definition) is 2. The van der Waals surface area contributed by atoms with Gasteiger partial charge in [-0.3, -0.25) is 4.68 Å². The molecule has 1 aromatic rings. The minimum atomic E-state index is -0.355. The average Bonchev–Trinajstić information content (AvgIpc) is 2.33. The molecule has 0 aromatic carbocycles. The highest BCUT2D eigenvalue weighted by molar-refractivity contribution is 4.95. The van der Waals surface area contributed by atoms with Gasteiger partial charge in [0.1, 0.15) is 0 Å². The fourth-order valence-electron chi connectivity index (χ4n) is 1.02. The molecule has 0 fully saturated rings. The molecule has 0 saturated carbocycles. The Bertz CT molecular complexity index is 273. The fraction of sp³-hybridized carbons (Fsp3) is 0.700. The van der Waals surface area contributed by atoms with Crippen molar-refractivity contribution in [2.24, 2.45) is 5.41 Å². The molecule has 74 valence electrons. The normalized spacial score (nSPS) is 14.5. The van der Waals surface area contributed by atoms with Crippen molar-refractivity contribution in [2.75, 3.05) is 0 Å². The number of rotatable bonds is 2. The molecule has 0 spiro atoms.